The number of nitrogens with zero attached hydrogens (tertiary/aromatic N) is 2. The first kappa shape index (κ1) is 17.9. The topological polar surface area (TPSA) is 79.2 Å². The molecule has 0 fully saturated rings. The number of hydrogen-bond acceptors (Lipinski definition) is 4. The number of aliphatic hydroxyl groups is 1. The smallest absolute Gasteiger partial charge is 0.244 e. The van der Waals surface area contributed by atoms with E-state index in [2.05, 4.69) is 22.5 Å². The van der Waals surface area contributed by atoms with E-state index in [1.807, 2.05) is 53.1 Å². The molecule has 0 saturated heterocycles. The summed E-state index contributed by atoms with van der Waals surface area (Å²) in [5, 5.41) is 15.0. The van der Waals surface area contributed by atoms with Gasteiger partial charge < -0.3 is 20.3 Å². The Hall–Kier alpha value is -2.86. The minimum atomic E-state index is -0.122. The predicted octanol–water partition coefficient (Wildman–Crippen LogP) is 3.03. The second-order valence-electron chi connectivity index (χ2n) is 6.16. The highest BCUT2D eigenvalue weighted by atomic mass is 16.3. The molecule has 0 spiro atoms. The molecule has 0 atom stereocenters. The Morgan fingerprint density at radius 2 is 1.92 bits per heavy atom. The molecule has 0 aliphatic carbocycles. The van der Waals surface area contributed by atoms with Crippen LogP contribution in [0, 0.1) is 0 Å². The van der Waals surface area contributed by atoms with Gasteiger partial charge in [-0.1, -0.05) is 37.6 Å². The molecule has 6 nitrogen and oxygen atoms in total. The highest BCUT2D eigenvalue weighted by Gasteiger charge is 2.13. The molecule has 2 aromatic carbocycles. The van der Waals surface area contributed by atoms with Gasteiger partial charge in [-0.2, -0.15) is 0 Å². The third-order valence-corrected chi connectivity index (χ3v) is 4.13. The van der Waals surface area contributed by atoms with Crippen molar-refractivity contribution in [2.45, 2.75) is 26.3 Å². The summed E-state index contributed by atoms with van der Waals surface area (Å²) >= 11 is 0. The van der Waals surface area contributed by atoms with Gasteiger partial charge in [-0.05, 0) is 36.2 Å². The van der Waals surface area contributed by atoms with E-state index in [1.54, 1.807) is 0 Å². The van der Waals surface area contributed by atoms with Gasteiger partial charge in [0.05, 0.1) is 17.6 Å². The zero-order valence-electron chi connectivity index (χ0n) is 14.9. The molecule has 1 amide bonds. The van der Waals surface area contributed by atoms with Crippen molar-refractivity contribution in [1.82, 2.24) is 9.55 Å². The monoisotopic (exact) mass is 352 g/mol. The quantitative estimate of drug-likeness (QED) is 0.582. The molecule has 136 valence electrons. The first-order valence-electron chi connectivity index (χ1n) is 8.90. The van der Waals surface area contributed by atoms with Crippen molar-refractivity contribution in [3.8, 4) is 0 Å². The van der Waals surface area contributed by atoms with E-state index >= 15 is 0 Å². The molecule has 3 N–H and O–H groups in total. The number of nitrogens with one attached hydrogen (secondary N) is 2. The number of hydrogen-bond donors (Lipinski definition) is 3. The van der Waals surface area contributed by atoms with Gasteiger partial charge in [0.15, 0.2) is 0 Å². The lowest BCUT2D eigenvalue weighted by molar-refractivity contribution is -0.116. The minimum Gasteiger partial charge on any atom is -0.395 e. The van der Waals surface area contributed by atoms with E-state index in [1.165, 1.54) is 5.56 Å². The van der Waals surface area contributed by atoms with E-state index in [0.717, 1.165) is 29.6 Å². The normalized spacial score (nSPS) is 10.8. The number of aryl methyl sites for hydroxylation is 1. The standard InChI is InChI=1S/C20H24N4O2/c1-2-5-15-8-10-16(11-9-15)22-19(26)14-24-18-7-4-3-6-17(18)23-20(24)21-12-13-25/h3-4,6-11,25H,2,5,12-14H2,1H3,(H,21,23)(H,22,26). The lowest BCUT2D eigenvalue weighted by Gasteiger charge is -2.11. The Labute approximate surface area is 152 Å². The van der Waals surface area contributed by atoms with E-state index in [0.29, 0.717) is 12.5 Å². The highest BCUT2D eigenvalue weighted by molar-refractivity contribution is 5.92. The first-order valence-corrected chi connectivity index (χ1v) is 8.90. The zero-order valence-corrected chi connectivity index (χ0v) is 14.9. The van der Waals surface area contributed by atoms with Crippen molar-refractivity contribution in [3.05, 3.63) is 54.1 Å². The van der Waals surface area contributed by atoms with E-state index < -0.39 is 0 Å². The third kappa shape index (κ3) is 4.21. The number of carbonyl (C=O) groups is 1. The van der Waals surface area contributed by atoms with Crippen LogP contribution < -0.4 is 10.6 Å². The number of amides is 1. The lowest BCUT2D eigenvalue weighted by Crippen LogP contribution is -2.21. The van der Waals surface area contributed by atoms with Gasteiger partial charge in [-0.3, -0.25) is 4.79 Å². The van der Waals surface area contributed by atoms with Gasteiger partial charge in [0.25, 0.3) is 0 Å². The Balaban J connectivity index is 1.75. The molecule has 0 bridgehead atoms. The molecule has 1 aromatic heterocycles. The van der Waals surface area contributed by atoms with Gasteiger partial charge in [0, 0.05) is 12.2 Å². The van der Waals surface area contributed by atoms with Crippen molar-refractivity contribution in [2.75, 3.05) is 23.8 Å². The first-order chi connectivity index (χ1) is 12.7. The maximum atomic E-state index is 12.5. The van der Waals surface area contributed by atoms with Crippen LogP contribution in [0.1, 0.15) is 18.9 Å². The summed E-state index contributed by atoms with van der Waals surface area (Å²) in [6, 6.07) is 15.6. The molecule has 0 aliphatic heterocycles. The van der Waals surface area contributed by atoms with Gasteiger partial charge in [0.2, 0.25) is 11.9 Å². The Kier molecular flexibility index (Phi) is 5.86. The molecular formula is C20H24N4O2. The average Bonchev–Trinajstić information content (AvgIpc) is 2.99. The number of carbonyl (C=O) groups excluding carboxylic acids is 1. The van der Waals surface area contributed by atoms with Crippen LogP contribution in [0.3, 0.4) is 0 Å². The lowest BCUT2D eigenvalue weighted by atomic mass is 10.1. The van der Waals surface area contributed by atoms with Crippen LogP contribution in [-0.2, 0) is 17.8 Å². The van der Waals surface area contributed by atoms with Crippen molar-refractivity contribution < 1.29 is 9.90 Å². The second kappa shape index (κ2) is 8.49. The molecule has 3 rings (SSSR count). The number of fused-ring (bicyclic) bond motifs is 1. The maximum Gasteiger partial charge on any atom is 0.244 e. The zero-order chi connectivity index (χ0) is 18.4. The summed E-state index contributed by atoms with van der Waals surface area (Å²) in [7, 11) is 0. The summed E-state index contributed by atoms with van der Waals surface area (Å²) in [5.41, 5.74) is 3.73. The fourth-order valence-electron chi connectivity index (χ4n) is 2.93. The molecule has 0 saturated carbocycles. The van der Waals surface area contributed by atoms with E-state index in [4.69, 9.17) is 5.11 Å². The minimum absolute atomic E-state index is 0.000486. The average molecular weight is 352 g/mol. The molecule has 0 aliphatic rings. The summed E-state index contributed by atoms with van der Waals surface area (Å²) < 4.78 is 1.83. The largest absolute Gasteiger partial charge is 0.395 e. The van der Waals surface area contributed by atoms with Crippen LogP contribution in [-0.4, -0.2) is 33.7 Å². The Morgan fingerprint density at radius 3 is 2.65 bits per heavy atom. The van der Waals surface area contributed by atoms with E-state index in [9.17, 15) is 4.79 Å². The number of para-hydroxylation sites is 2. The van der Waals surface area contributed by atoms with Crippen LogP contribution in [0.5, 0.6) is 0 Å². The molecule has 0 unspecified atom stereocenters. The van der Waals surface area contributed by atoms with Gasteiger partial charge in [-0.25, -0.2) is 4.98 Å². The van der Waals surface area contributed by atoms with Crippen molar-refractivity contribution in [1.29, 1.82) is 0 Å². The van der Waals surface area contributed by atoms with Crippen LogP contribution >= 0.6 is 0 Å². The van der Waals surface area contributed by atoms with Gasteiger partial charge >= 0.3 is 0 Å². The molecular weight excluding hydrogens is 328 g/mol. The second-order valence-corrected chi connectivity index (χ2v) is 6.16. The van der Waals surface area contributed by atoms with Gasteiger partial charge in [0.1, 0.15) is 6.54 Å². The van der Waals surface area contributed by atoms with Crippen LogP contribution in [0.25, 0.3) is 11.0 Å². The maximum absolute atomic E-state index is 12.5. The fraction of sp³-hybridized carbons (Fsp3) is 0.300. The molecule has 1 heterocycles. The van der Waals surface area contributed by atoms with Gasteiger partial charge in [-0.15, -0.1) is 0 Å². The molecule has 3 aromatic rings. The molecule has 0 radical (unpaired) electrons. The summed E-state index contributed by atoms with van der Waals surface area (Å²) in [6.07, 6.45) is 2.14. The number of aliphatic hydroxyl groups excluding tert-OH is 1. The van der Waals surface area contributed by atoms with Crippen LogP contribution in [0.2, 0.25) is 0 Å². The van der Waals surface area contributed by atoms with Crippen LogP contribution in [0.4, 0.5) is 11.6 Å². The molecule has 26 heavy (non-hydrogen) atoms. The third-order valence-electron chi connectivity index (χ3n) is 4.13. The number of anilines is 2. The van der Waals surface area contributed by atoms with Crippen LogP contribution in [0.15, 0.2) is 48.5 Å². The Morgan fingerprint density at radius 1 is 1.15 bits per heavy atom. The predicted molar refractivity (Wildman–Crippen MR) is 104 cm³/mol. The number of benzene rings is 2. The SMILES string of the molecule is CCCc1ccc(NC(=O)Cn2c(NCCO)nc3ccccc32)cc1. The summed E-state index contributed by atoms with van der Waals surface area (Å²) in [6.45, 7) is 2.67. The highest BCUT2D eigenvalue weighted by Crippen LogP contribution is 2.20. The number of rotatable bonds is 8. The number of imidazole rings is 1. The summed E-state index contributed by atoms with van der Waals surface area (Å²) in [5.74, 6) is 0.456. The van der Waals surface area contributed by atoms with Crippen molar-refractivity contribution >= 4 is 28.6 Å². The van der Waals surface area contributed by atoms with Crippen molar-refractivity contribution in [3.63, 3.8) is 0 Å². The molecule has 6 heteroatoms. The van der Waals surface area contributed by atoms with Crippen molar-refractivity contribution in [2.24, 2.45) is 0 Å². The fourth-order valence-corrected chi connectivity index (χ4v) is 2.93. The summed E-state index contributed by atoms with van der Waals surface area (Å²) in [4.78, 5) is 17.0. The van der Waals surface area contributed by atoms with E-state index in [-0.39, 0.29) is 19.1 Å². The number of aromatic nitrogens is 2. The Bertz CT molecular complexity index is 871.